The summed E-state index contributed by atoms with van der Waals surface area (Å²) in [7, 11) is 3.17. The summed E-state index contributed by atoms with van der Waals surface area (Å²) in [5.74, 6) is 8.27. The van der Waals surface area contributed by atoms with Crippen LogP contribution in [0, 0.1) is 11.8 Å². The predicted molar refractivity (Wildman–Crippen MR) is 141 cm³/mol. The number of benzene rings is 1. The molecule has 3 aromatic heterocycles. The Labute approximate surface area is 225 Å². The van der Waals surface area contributed by atoms with Gasteiger partial charge in [0.1, 0.15) is 40.9 Å². The lowest BCUT2D eigenvalue weighted by molar-refractivity contribution is 0.0200. The van der Waals surface area contributed by atoms with Crippen molar-refractivity contribution in [3.63, 3.8) is 0 Å². The van der Waals surface area contributed by atoms with Crippen LogP contribution in [0.25, 0.3) is 11.0 Å². The summed E-state index contributed by atoms with van der Waals surface area (Å²) in [6.45, 7) is 5.79. The Morgan fingerprint density at radius 1 is 1.13 bits per heavy atom. The van der Waals surface area contributed by atoms with Crippen LogP contribution in [0.3, 0.4) is 0 Å². The maximum atomic E-state index is 13.1. The van der Waals surface area contributed by atoms with Crippen LogP contribution in [0.4, 0.5) is 10.6 Å². The molecule has 1 aromatic carbocycles. The Balaban J connectivity index is 1.54. The van der Waals surface area contributed by atoms with Crippen LogP contribution in [-0.2, 0) is 4.74 Å². The lowest BCUT2D eigenvalue weighted by Gasteiger charge is -2.27. The topological polar surface area (TPSA) is 144 Å². The first-order valence-corrected chi connectivity index (χ1v) is 12.3. The number of ether oxygens (including phenoxy) is 3. The van der Waals surface area contributed by atoms with E-state index in [2.05, 4.69) is 32.0 Å². The molecule has 0 spiro atoms. The number of hydrogen-bond acceptors (Lipinski definition) is 10. The number of anilines is 1. The van der Waals surface area contributed by atoms with Crippen LogP contribution in [0.5, 0.6) is 11.5 Å². The van der Waals surface area contributed by atoms with Crippen molar-refractivity contribution in [2.24, 2.45) is 0 Å². The summed E-state index contributed by atoms with van der Waals surface area (Å²) in [5, 5.41) is 8.49. The molecule has 0 aliphatic carbocycles. The molecule has 2 unspecified atom stereocenters. The van der Waals surface area contributed by atoms with Gasteiger partial charge in [-0.1, -0.05) is 11.8 Å². The highest BCUT2D eigenvalue weighted by atomic mass is 16.6. The fraction of sp³-hybridized carbons (Fsp3) is 0.370. The number of nitrogens with two attached hydrogens (primary N) is 1. The molecule has 5 rings (SSSR count). The molecule has 0 saturated carbocycles. The second-order valence-electron chi connectivity index (χ2n) is 10.1. The van der Waals surface area contributed by atoms with Crippen LogP contribution in [0.2, 0.25) is 0 Å². The van der Waals surface area contributed by atoms with Crippen molar-refractivity contribution < 1.29 is 23.4 Å². The van der Waals surface area contributed by atoms with E-state index in [4.69, 9.17) is 24.4 Å². The van der Waals surface area contributed by atoms with Crippen molar-refractivity contribution in [3.8, 4) is 23.3 Å². The summed E-state index contributed by atoms with van der Waals surface area (Å²) < 4.78 is 23.8. The number of fused-ring (bicyclic) bond motifs is 1. The molecular weight excluding hydrogens is 502 g/mol. The summed E-state index contributed by atoms with van der Waals surface area (Å²) in [5.41, 5.74) is 7.58. The first-order valence-electron chi connectivity index (χ1n) is 12.3. The highest BCUT2D eigenvalue weighted by Gasteiger charge is 2.42. The van der Waals surface area contributed by atoms with Crippen LogP contribution < -0.4 is 15.2 Å². The smallest absolute Gasteiger partial charge is 0.411 e. The van der Waals surface area contributed by atoms with E-state index in [0.29, 0.717) is 58.3 Å². The number of hydrogen-bond donors (Lipinski definition) is 1. The third-order valence-corrected chi connectivity index (χ3v) is 6.29. The molecule has 12 heteroatoms. The van der Waals surface area contributed by atoms with E-state index >= 15 is 0 Å². The maximum absolute atomic E-state index is 13.1. The lowest BCUT2D eigenvalue weighted by atomic mass is 10.1. The maximum Gasteiger partial charge on any atom is 0.411 e. The normalized spacial score (nSPS) is 17.1. The van der Waals surface area contributed by atoms with Crippen LogP contribution >= 0.6 is 0 Å². The first kappa shape index (κ1) is 25.8. The highest BCUT2D eigenvalue weighted by molar-refractivity contribution is 5.92. The Morgan fingerprint density at radius 3 is 2.51 bits per heavy atom. The summed E-state index contributed by atoms with van der Waals surface area (Å²) in [4.78, 5) is 23.4. The van der Waals surface area contributed by atoms with E-state index in [-0.39, 0.29) is 6.04 Å². The SMILES string of the molecule is COc1cc(C#Cc2cn(C3CC(c4nnco4)N(C(=O)OC(C)(C)C)C3)c3ncnc(N)c23)cc(OC)c1. The number of nitrogen functional groups attached to an aromatic ring is 1. The van der Waals surface area contributed by atoms with Gasteiger partial charge in [0.15, 0.2) is 0 Å². The fourth-order valence-electron chi connectivity index (χ4n) is 4.60. The van der Waals surface area contributed by atoms with Gasteiger partial charge in [0.05, 0.1) is 31.2 Å². The van der Waals surface area contributed by atoms with E-state index in [1.807, 2.05) is 43.7 Å². The summed E-state index contributed by atoms with van der Waals surface area (Å²) in [6.07, 6.45) is 4.57. The van der Waals surface area contributed by atoms with Crippen molar-refractivity contribution in [1.82, 2.24) is 29.6 Å². The first-order chi connectivity index (χ1) is 18.7. The van der Waals surface area contributed by atoms with Crippen LogP contribution in [-0.4, -0.2) is 62.1 Å². The van der Waals surface area contributed by atoms with Gasteiger partial charge in [-0.15, -0.1) is 10.2 Å². The van der Waals surface area contributed by atoms with E-state index in [0.717, 1.165) is 0 Å². The van der Waals surface area contributed by atoms with E-state index in [9.17, 15) is 4.79 Å². The average Bonchev–Trinajstić information content (AvgIpc) is 3.65. The molecule has 202 valence electrons. The van der Waals surface area contributed by atoms with Crippen molar-refractivity contribution in [3.05, 3.63) is 54.1 Å². The molecule has 4 aromatic rings. The Morgan fingerprint density at radius 2 is 1.87 bits per heavy atom. The molecule has 2 N–H and O–H groups in total. The van der Waals surface area contributed by atoms with Crippen molar-refractivity contribution in [2.45, 2.75) is 44.9 Å². The molecule has 12 nitrogen and oxygen atoms in total. The zero-order valence-corrected chi connectivity index (χ0v) is 22.3. The van der Waals surface area contributed by atoms with Crippen LogP contribution in [0.1, 0.15) is 56.3 Å². The number of nitrogens with zero attached hydrogens (tertiary/aromatic N) is 6. The molecule has 1 aliphatic heterocycles. The molecule has 1 aliphatic rings. The molecule has 1 fully saturated rings. The van der Waals surface area contributed by atoms with Gasteiger partial charge < -0.3 is 28.9 Å². The van der Waals surface area contributed by atoms with Gasteiger partial charge in [-0.25, -0.2) is 14.8 Å². The third kappa shape index (κ3) is 5.29. The monoisotopic (exact) mass is 531 g/mol. The van der Waals surface area contributed by atoms with Crippen molar-refractivity contribution >= 4 is 22.9 Å². The van der Waals surface area contributed by atoms with Gasteiger partial charge >= 0.3 is 6.09 Å². The summed E-state index contributed by atoms with van der Waals surface area (Å²) >= 11 is 0. The minimum Gasteiger partial charge on any atom is -0.497 e. The Hall–Kier alpha value is -4.79. The van der Waals surface area contributed by atoms with Gasteiger partial charge in [-0.2, -0.15) is 0 Å². The fourth-order valence-corrected chi connectivity index (χ4v) is 4.60. The second-order valence-corrected chi connectivity index (χ2v) is 10.1. The number of rotatable bonds is 4. The van der Waals surface area contributed by atoms with Gasteiger partial charge in [-0.05, 0) is 39.3 Å². The van der Waals surface area contributed by atoms with Gasteiger partial charge in [0, 0.05) is 24.4 Å². The molecule has 39 heavy (non-hydrogen) atoms. The summed E-state index contributed by atoms with van der Waals surface area (Å²) in [6, 6.07) is 4.75. The van der Waals surface area contributed by atoms with Gasteiger partial charge in [-0.3, -0.25) is 4.90 Å². The van der Waals surface area contributed by atoms with E-state index in [1.165, 1.54) is 12.7 Å². The van der Waals surface area contributed by atoms with Crippen LogP contribution in [0.15, 0.2) is 41.5 Å². The zero-order chi connectivity index (χ0) is 27.7. The Bertz CT molecular complexity index is 1540. The number of methoxy groups -OCH3 is 2. The molecule has 4 heterocycles. The standard InChI is InChI=1S/C27H29N7O5/c1-27(2,3)39-26(35)34-13-18(10-21(34)25-32-31-15-38-25)33-12-17(22-23(28)29-14-30-24(22)33)7-6-16-8-19(36-4)11-20(9-16)37-5/h8-9,11-12,14-15,18,21H,10,13H2,1-5H3,(H2,28,29,30). The quantitative estimate of drug-likeness (QED) is 0.387. The second kappa shape index (κ2) is 10.2. The predicted octanol–water partition coefficient (Wildman–Crippen LogP) is 3.74. The lowest BCUT2D eigenvalue weighted by Crippen LogP contribution is -2.37. The molecule has 0 radical (unpaired) electrons. The number of likely N-dealkylation sites (tertiary alicyclic amines) is 1. The van der Waals surface area contributed by atoms with Gasteiger partial charge in [0.2, 0.25) is 12.3 Å². The largest absolute Gasteiger partial charge is 0.497 e. The zero-order valence-electron chi connectivity index (χ0n) is 22.3. The van der Waals surface area contributed by atoms with Crippen molar-refractivity contribution in [2.75, 3.05) is 26.5 Å². The van der Waals surface area contributed by atoms with E-state index < -0.39 is 17.7 Å². The number of amides is 1. The van der Waals surface area contributed by atoms with Gasteiger partial charge in [0.25, 0.3) is 0 Å². The number of carbonyl (C=O) groups excluding carboxylic acids is 1. The molecule has 0 bridgehead atoms. The number of aromatic nitrogens is 5. The molecular formula is C27H29N7O5. The van der Waals surface area contributed by atoms with E-state index in [1.54, 1.807) is 25.2 Å². The minimum atomic E-state index is -0.665. The minimum absolute atomic E-state index is 0.196. The Kier molecular flexibility index (Phi) is 6.74. The molecule has 1 amide bonds. The van der Waals surface area contributed by atoms with Crippen molar-refractivity contribution in [1.29, 1.82) is 0 Å². The number of carbonyl (C=O) groups is 1. The molecule has 1 saturated heterocycles. The average molecular weight is 532 g/mol. The third-order valence-electron chi connectivity index (χ3n) is 6.29. The molecule has 2 atom stereocenters. The highest BCUT2D eigenvalue weighted by Crippen LogP contribution is 2.40.